The highest BCUT2D eigenvalue weighted by molar-refractivity contribution is 7.80. The van der Waals surface area contributed by atoms with Crippen molar-refractivity contribution in [2.45, 2.75) is 32.2 Å². The van der Waals surface area contributed by atoms with Gasteiger partial charge in [-0.25, -0.2) is 0 Å². The molecule has 6 heteroatoms. The quantitative estimate of drug-likeness (QED) is 0.662. The summed E-state index contributed by atoms with van der Waals surface area (Å²) in [6, 6.07) is 14.9. The van der Waals surface area contributed by atoms with Crippen LogP contribution in [0.2, 0.25) is 0 Å². The van der Waals surface area contributed by atoms with Gasteiger partial charge in [0.2, 0.25) is 0 Å². The van der Waals surface area contributed by atoms with Crippen molar-refractivity contribution >= 4 is 23.0 Å². The highest BCUT2D eigenvalue weighted by Crippen LogP contribution is 2.28. The molecule has 0 unspecified atom stereocenters. The molecule has 0 amide bonds. The fourth-order valence-electron chi connectivity index (χ4n) is 3.94. The monoisotopic (exact) mass is 427 g/mol. The van der Waals surface area contributed by atoms with Crippen LogP contribution in [0.5, 0.6) is 11.5 Å². The largest absolute Gasteiger partial charge is 0.493 e. The Morgan fingerprint density at radius 2 is 1.80 bits per heavy atom. The predicted octanol–water partition coefficient (Wildman–Crippen LogP) is 4.35. The number of likely N-dealkylation sites (tertiary alicyclic amines) is 1. The van der Waals surface area contributed by atoms with Gasteiger partial charge in [0.05, 0.1) is 14.2 Å². The Kier molecular flexibility index (Phi) is 7.94. The highest BCUT2D eigenvalue weighted by Gasteiger charge is 2.25. The topological polar surface area (TPSA) is 37.0 Å². The van der Waals surface area contributed by atoms with Crippen LogP contribution in [0.1, 0.15) is 24.0 Å². The van der Waals surface area contributed by atoms with Gasteiger partial charge in [-0.1, -0.05) is 24.3 Å². The van der Waals surface area contributed by atoms with Gasteiger partial charge in [-0.3, -0.25) is 0 Å². The molecule has 0 saturated carbocycles. The number of piperidine rings is 1. The molecule has 162 valence electrons. The summed E-state index contributed by atoms with van der Waals surface area (Å²) >= 11 is 5.89. The standard InChI is InChI=1S/C24H33N3O2S/c1-18-7-5-6-8-21(18)25-24(30)27(20-12-14-26(2)15-13-20)16-11-19-9-10-22(28-3)23(17-19)29-4/h5-10,17,20H,11-16H2,1-4H3,(H,25,30). The lowest BCUT2D eigenvalue weighted by atomic mass is 10.0. The molecule has 1 aliphatic heterocycles. The average molecular weight is 428 g/mol. The maximum Gasteiger partial charge on any atom is 0.173 e. The summed E-state index contributed by atoms with van der Waals surface area (Å²) in [4.78, 5) is 4.77. The van der Waals surface area contributed by atoms with Gasteiger partial charge in [0, 0.05) is 18.3 Å². The normalized spacial score (nSPS) is 14.9. The van der Waals surface area contributed by atoms with Crippen LogP contribution in [0, 0.1) is 6.92 Å². The van der Waals surface area contributed by atoms with Crippen molar-refractivity contribution in [3.8, 4) is 11.5 Å². The Labute approximate surface area is 186 Å². The smallest absolute Gasteiger partial charge is 0.173 e. The minimum atomic E-state index is 0.449. The van der Waals surface area contributed by atoms with Crippen molar-refractivity contribution in [3.05, 3.63) is 53.6 Å². The van der Waals surface area contributed by atoms with Gasteiger partial charge in [0.25, 0.3) is 0 Å². The Morgan fingerprint density at radius 3 is 2.47 bits per heavy atom. The molecule has 0 atom stereocenters. The van der Waals surface area contributed by atoms with Crippen LogP contribution in [-0.4, -0.2) is 61.9 Å². The zero-order valence-electron chi connectivity index (χ0n) is 18.5. The first-order valence-corrected chi connectivity index (χ1v) is 11.0. The van der Waals surface area contributed by atoms with Crippen LogP contribution in [-0.2, 0) is 6.42 Å². The van der Waals surface area contributed by atoms with Gasteiger partial charge in [-0.2, -0.15) is 0 Å². The van der Waals surface area contributed by atoms with Crippen LogP contribution in [0.4, 0.5) is 5.69 Å². The van der Waals surface area contributed by atoms with Gasteiger partial charge in [-0.05, 0) is 87.9 Å². The molecule has 1 saturated heterocycles. The maximum absolute atomic E-state index is 5.89. The summed E-state index contributed by atoms with van der Waals surface area (Å²) < 4.78 is 10.8. The zero-order chi connectivity index (χ0) is 21.5. The third-order valence-corrected chi connectivity index (χ3v) is 6.20. The molecule has 5 nitrogen and oxygen atoms in total. The molecular formula is C24H33N3O2S. The van der Waals surface area contributed by atoms with E-state index in [1.807, 2.05) is 12.1 Å². The SMILES string of the molecule is COc1ccc(CCN(C(=S)Nc2ccccc2C)C2CCN(C)CC2)cc1OC. The van der Waals surface area contributed by atoms with Gasteiger partial charge < -0.3 is 24.6 Å². The van der Waals surface area contributed by atoms with Crippen molar-refractivity contribution in [1.29, 1.82) is 0 Å². The van der Waals surface area contributed by atoms with Gasteiger partial charge in [0.1, 0.15) is 0 Å². The molecule has 0 aliphatic carbocycles. The highest BCUT2D eigenvalue weighted by atomic mass is 32.1. The Morgan fingerprint density at radius 1 is 1.10 bits per heavy atom. The van der Waals surface area contributed by atoms with Gasteiger partial charge in [0.15, 0.2) is 16.6 Å². The molecule has 1 N–H and O–H groups in total. The fraction of sp³-hybridized carbons (Fsp3) is 0.458. The number of methoxy groups -OCH3 is 2. The number of hydrogen-bond donors (Lipinski definition) is 1. The molecule has 0 aromatic heterocycles. The van der Waals surface area contributed by atoms with E-state index in [9.17, 15) is 0 Å². The lowest BCUT2D eigenvalue weighted by Crippen LogP contribution is -2.48. The van der Waals surface area contributed by atoms with Crippen LogP contribution in [0.25, 0.3) is 0 Å². The summed E-state index contributed by atoms with van der Waals surface area (Å²) in [6.07, 6.45) is 3.14. The van der Waals surface area contributed by atoms with E-state index in [4.69, 9.17) is 21.7 Å². The second-order valence-corrected chi connectivity index (χ2v) is 8.30. The molecule has 0 spiro atoms. The number of nitrogens with one attached hydrogen (secondary N) is 1. The summed E-state index contributed by atoms with van der Waals surface area (Å²) in [6.45, 7) is 5.17. The lowest BCUT2D eigenvalue weighted by molar-refractivity contribution is 0.178. The number of thiocarbonyl (C=S) groups is 1. The third-order valence-electron chi connectivity index (χ3n) is 5.87. The fourth-order valence-corrected chi connectivity index (χ4v) is 4.29. The molecule has 3 rings (SSSR count). The maximum atomic E-state index is 5.89. The van der Waals surface area contributed by atoms with Crippen LogP contribution >= 0.6 is 12.2 Å². The Balaban J connectivity index is 1.74. The number of nitrogens with zero attached hydrogens (tertiary/aromatic N) is 2. The molecular weight excluding hydrogens is 394 g/mol. The van der Waals surface area contributed by atoms with Crippen molar-refractivity contribution in [1.82, 2.24) is 9.80 Å². The number of aryl methyl sites for hydroxylation is 1. The lowest BCUT2D eigenvalue weighted by Gasteiger charge is -2.39. The minimum absolute atomic E-state index is 0.449. The molecule has 2 aromatic carbocycles. The minimum Gasteiger partial charge on any atom is -0.493 e. The first kappa shape index (κ1) is 22.4. The predicted molar refractivity (Wildman–Crippen MR) is 128 cm³/mol. The van der Waals surface area contributed by atoms with Crippen molar-refractivity contribution in [3.63, 3.8) is 0 Å². The number of anilines is 1. The van der Waals surface area contributed by atoms with Gasteiger partial charge in [-0.15, -0.1) is 0 Å². The molecule has 1 aliphatic rings. The van der Waals surface area contributed by atoms with E-state index in [-0.39, 0.29) is 0 Å². The van der Waals surface area contributed by atoms with E-state index < -0.39 is 0 Å². The second kappa shape index (κ2) is 10.6. The van der Waals surface area contributed by atoms with E-state index in [0.29, 0.717) is 6.04 Å². The molecule has 0 radical (unpaired) electrons. The van der Waals surface area contributed by atoms with E-state index in [1.54, 1.807) is 14.2 Å². The van der Waals surface area contributed by atoms with Crippen LogP contribution < -0.4 is 14.8 Å². The number of hydrogen-bond acceptors (Lipinski definition) is 4. The van der Waals surface area contributed by atoms with Crippen LogP contribution in [0.15, 0.2) is 42.5 Å². The molecule has 1 fully saturated rings. The van der Waals surface area contributed by atoms with E-state index in [0.717, 1.165) is 61.2 Å². The number of rotatable bonds is 7. The first-order chi connectivity index (χ1) is 14.5. The molecule has 0 bridgehead atoms. The van der Waals surface area contributed by atoms with Crippen molar-refractivity contribution in [2.24, 2.45) is 0 Å². The van der Waals surface area contributed by atoms with E-state index in [2.05, 4.69) is 59.4 Å². The van der Waals surface area contributed by atoms with Crippen LogP contribution in [0.3, 0.4) is 0 Å². The van der Waals surface area contributed by atoms with E-state index in [1.165, 1.54) is 11.1 Å². The van der Waals surface area contributed by atoms with Crippen molar-refractivity contribution in [2.75, 3.05) is 46.2 Å². The summed E-state index contributed by atoms with van der Waals surface area (Å²) in [5.74, 6) is 1.52. The summed E-state index contributed by atoms with van der Waals surface area (Å²) in [5.41, 5.74) is 3.49. The summed E-state index contributed by atoms with van der Waals surface area (Å²) in [5, 5.41) is 4.30. The Bertz CT molecular complexity index is 850. The van der Waals surface area contributed by atoms with E-state index >= 15 is 0 Å². The molecule has 30 heavy (non-hydrogen) atoms. The summed E-state index contributed by atoms with van der Waals surface area (Å²) in [7, 11) is 5.52. The second-order valence-electron chi connectivity index (χ2n) is 7.91. The number of benzene rings is 2. The number of ether oxygens (including phenoxy) is 2. The number of para-hydroxylation sites is 1. The molecule has 2 aromatic rings. The Hall–Kier alpha value is -2.31. The molecule has 1 heterocycles. The average Bonchev–Trinajstić information content (AvgIpc) is 2.76. The zero-order valence-corrected chi connectivity index (χ0v) is 19.3. The third kappa shape index (κ3) is 5.64. The van der Waals surface area contributed by atoms with Gasteiger partial charge >= 0.3 is 0 Å². The van der Waals surface area contributed by atoms with Crippen molar-refractivity contribution < 1.29 is 9.47 Å². The first-order valence-electron chi connectivity index (χ1n) is 10.5.